The molecule has 178 valence electrons. The molecule has 0 spiro atoms. The first kappa shape index (κ1) is 22.9. The van der Waals surface area contributed by atoms with Crippen molar-refractivity contribution < 1.29 is 27.9 Å². The molecule has 0 bridgehead atoms. The zero-order valence-corrected chi connectivity index (χ0v) is 18.7. The molecule has 36 heavy (non-hydrogen) atoms. The lowest BCUT2D eigenvalue weighted by Crippen LogP contribution is -2.54. The summed E-state index contributed by atoms with van der Waals surface area (Å²) in [6, 6.07) is 20.7. The maximum absolute atomic E-state index is 13.8. The Morgan fingerprint density at radius 3 is 2.39 bits per heavy atom. The third-order valence-corrected chi connectivity index (χ3v) is 5.70. The normalized spacial score (nSPS) is 14.9. The van der Waals surface area contributed by atoms with Crippen molar-refractivity contribution >= 4 is 40.4 Å². The van der Waals surface area contributed by atoms with Gasteiger partial charge in [-0.15, -0.1) is 0 Å². The zero-order valence-electron chi connectivity index (χ0n) is 18.7. The molecule has 4 aromatic rings. The van der Waals surface area contributed by atoms with Gasteiger partial charge in [0.15, 0.2) is 0 Å². The van der Waals surface area contributed by atoms with Crippen LogP contribution in [0.25, 0.3) is 16.8 Å². The van der Waals surface area contributed by atoms with Crippen molar-refractivity contribution in [3.8, 4) is 5.75 Å². The van der Waals surface area contributed by atoms with Crippen molar-refractivity contribution in [3.05, 3.63) is 113 Å². The van der Waals surface area contributed by atoms with Crippen LogP contribution in [0, 0.1) is 11.6 Å². The number of ether oxygens (including phenoxy) is 1. The van der Waals surface area contributed by atoms with Crippen molar-refractivity contribution in [2.75, 3.05) is 4.90 Å². The number of benzene rings is 4. The van der Waals surface area contributed by atoms with Gasteiger partial charge in [0.05, 0.1) is 5.69 Å². The van der Waals surface area contributed by atoms with E-state index in [4.69, 9.17) is 4.74 Å². The van der Waals surface area contributed by atoms with Gasteiger partial charge in [0.25, 0.3) is 11.8 Å². The fourth-order valence-electron chi connectivity index (χ4n) is 3.94. The Bertz CT molecular complexity index is 1550. The van der Waals surface area contributed by atoms with E-state index < -0.39 is 23.7 Å². The van der Waals surface area contributed by atoms with E-state index in [9.17, 15) is 23.2 Å². The fourth-order valence-corrected chi connectivity index (χ4v) is 3.94. The molecule has 0 aliphatic carbocycles. The van der Waals surface area contributed by atoms with Gasteiger partial charge in [0, 0.05) is 5.56 Å². The summed E-state index contributed by atoms with van der Waals surface area (Å²) >= 11 is 0. The van der Waals surface area contributed by atoms with Crippen LogP contribution in [0.3, 0.4) is 0 Å². The number of urea groups is 1. The van der Waals surface area contributed by atoms with Gasteiger partial charge in [-0.25, -0.2) is 18.5 Å². The molecule has 0 unspecified atom stereocenters. The highest BCUT2D eigenvalue weighted by atomic mass is 19.1. The number of fused-ring (bicyclic) bond motifs is 1. The summed E-state index contributed by atoms with van der Waals surface area (Å²) in [5, 5.41) is 3.68. The van der Waals surface area contributed by atoms with Gasteiger partial charge in [-0.3, -0.25) is 14.9 Å². The monoisotopic (exact) mass is 484 g/mol. The fraction of sp³-hybridized carbons (Fsp3) is 0.0357. The molecule has 1 aliphatic heterocycles. The molecular weight excluding hydrogens is 466 g/mol. The Kier molecular flexibility index (Phi) is 6.00. The third-order valence-electron chi connectivity index (χ3n) is 5.70. The molecule has 1 N–H and O–H groups in total. The molecule has 4 aromatic carbocycles. The minimum Gasteiger partial charge on any atom is -0.488 e. The van der Waals surface area contributed by atoms with Gasteiger partial charge in [-0.05, 0) is 58.8 Å². The summed E-state index contributed by atoms with van der Waals surface area (Å²) in [4.78, 5) is 39.2. The summed E-state index contributed by atoms with van der Waals surface area (Å²) in [6.07, 6.45) is 1.36. The largest absolute Gasteiger partial charge is 0.488 e. The van der Waals surface area contributed by atoms with Crippen LogP contribution < -0.4 is 15.0 Å². The Hall–Kier alpha value is -4.85. The molecule has 0 radical (unpaired) electrons. The first-order chi connectivity index (χ1) is 17.4. The first-order valence-electron chi connectivity index (χ1n) is 11.0. The van der Waals surface area contributed by atoms with Gasteiger partial charge >= 0.3 is 6.03 Å². The van der Waals surface area contributed by atoms with E-state index in [1.165, 1.54) is 36.4 Å². The molecule has 1 aliphatic rings. The first-order valence-corrected chi connectivity index (χ1v) is 11.0. The Labute approximate surface area is 204 Å². The molecule has 4 amide bonds. The second-order valence-electron chi connectivity index (χ2n) is 8.05. The van der Waals surface area contributed by atoms with E-state index >= 15 is 0 Å². The van der Waals surface area contributed by atoms with Gasteiger partial charge in [0.2, 0.25) is 0 Å². The Morgan fingerprint density at radius 1 is 0.833 bits per heavy atom. The van der Waals surface area contributed by atoms with Crippen LogP contribution in [0.15, 0.2) is 90.5 Å². The molecule has 5 rings (SSSR count). The van der Waals surface area contributed by atoms with Crippen molar-refractivity contribution in [1.82, 2.24) is 5.32 Å². The number of anilines is 1. The van der Waals surface area contributed by atoms with Crippen LogP contribution in [-0.2, 0) is 16.2 Å². The molecule has 1 fully saturated rings. The number of barbiturate groups is 1. The second-order valence-corrected chi connectivity index (χ2v) is 8.05. The lowest BCUT2D eigenvalue weighted by atomic mass is 9.99. The highest BCUT2D eigenvalue weighted by molar-refractivity contribution is 6.39. The molecule has 8 heteroatoms. The summed E-state index contributed by atoms with van der Waals surface area (Å²) in [7, 11) is 0. The summed E-state index contributed by atoms with van der Waals surface area (Å²) in [5.74, 6) is -2.41. The predicted octanol–water partition coefficient (Wildman–Crippen LogP) is 5.36. The lowest BCUT2D eigenvalue weighted by molar-refractivity contribution is -0.122. The summed E-state index contributed by atoms with van der Waals surface area (Å²) < 4.78 is 33.0. The van der Waals surface area contributed by atoms with Crippen LogP contribution in [0.2, 0.25) is 0 Å². The molecule has 6 nitrogen and oxygen atoms in total. The van der Waals surface area contributed by atoms with E-state index in [2.05, 4.69) is 5.32 Å². The molecular formula is C28H18F2N2O4. The Morgan fingerprint density at radius 2 is 1.61 bits per heavy atom. The number of hydrogen-bond acceptors (Lipinski definition) is 4. The van der Waals surface area contributed by atoms with Gasteiger partial charge in [-0.2, -0.15) is 0 Å². The summed E-state index contributed by atoms with van der Waals surface area (Å²) in [5.41, 5.74) is 0.836. The predicted molar refractivity (Wildman–Crippen MR) is 130 cm³/mol. The van der Waals surface area contributed by atoms with Crippen molar-refractivity contribution in [2.45, 2.75) is 6.61 Å². The standard InChI is InChI=1S/C28H18F2N2O4/c29-19-11-8-17(9-12-19)16-36-25-13-10-18-4-1-2-7-22(18)23(25)15-24-26(33)31-28(35)32(27(24)34)21-6-3-5-20(30)14-21/h1-15H,16H2,(H,31,33,35)/b24-15+. The van der Waals surface area contributed by atoms with Crippen LogP contribution in [0.1, 0.15) is 11.1 Å². The van der Waals surface area contributed by atoms with E-state index in [1.54, 1.807) is 24.3 Å². The number of carbonyl (C=O) groups excluding carboxylic acids is 3. The number of rotatable bonds is 5. The van der Waals surface area contributed by atoms with E-state index in [0.29, 0.717) is 21.6 Å². The lowest BCUT2D eigenvalue weighted by Gasteiger charge is -2.26. The number of nitrogens with one attached hydrogen (secondary N) is 1. The van der Waals surface area contributed by atoms with Crippen LogP contribution in [-0.4, -0.2) is 17.8 Å². The average molecular weight is 484 g/mol. The van der Waals surface area contributed by atoms with Crippen LogP contribution in [0.4, 0.5) is 19.3 Å². The maximum atomic E-state index is 13.8. The number of amides is 4. The molecule has 1 saturated heterocycles. The number of imide groups is 2. The number of halogens is 2. The second kappa shape index (κ2) is 9.42. The van der Waals surface area contributed by atoms with Gasteiger partial charge < -0.3 is 4.74 Å². The van der Waals surface area contributed by atoms with Gasteiger partial charge in [-0.1, -0.05) is 48.5 Å². The maximum Gasteiger partial charge on any atom is 0.335 e. The number of carbonyl (C=O) groups is 3. The van der Waals surface area contributed by atoms with E-state index in [0.717, 1.165) is 17.0 Å². The Balaban J connectivity index is 1.58. The topological polar surface area (TPSA) is 75.7 Å². The van der Waals surface area contributed by atoms with E-state index in [1.807, 2.05) is 24.3 Å². The van der Waals surface area contributed by atoms with Crippen LogP contribution >= 0.6 is 0 Å². The van der Waals surface area contributed by atoms with Gasteiger partial charge in [0.1, 0.15) is 29.6 Å². The SMILES string of the molecule is O=C1NC(=O)N(c2cccc(F)c2)C(=O)/C1=C/c1c(OCc2ccc(F)cc2)ccc2ccccc12. The number of hydrogen-bond donors (Lipinski definition) is 1. The highest BCUT2D eigenvalue weighted by Crippen LogP contribution is 2.32. The smallest absolute Gasteiger partial charge is 0.335 e. The van der Waals surface area contributed by atoms with Crippen LogP contribution in [0.5, 0.6) is 5.75 Å². The molecule has 0 saturated carbocycles. The van der Waals surface area contributed by atoms with Crippen molar-refractivity contribution in [1.29, 1.82) is 0 Å². The zero-order chi connectivity index (χ0) is 25.2. The number of nitrogens with zero attached hydrogens (tertiary/aromatic N) is 1. The third kappa shape index (κ3) is 4.44. The van der Waals surface area contributed by atoms with E-state index in [-0.39, 0.29) is 23.7 Å². The molecule has 1 heterocycles. The van der Waals surface area contributed by atoms with Crippen molar-refractivity contribution in [2.24, 2.45) is 0 Å². The quantitative estimate of drug-likeness (QED) is 0.306. The minimum atomic E-state index is -0.974. The average Bonchev–Trinajstić information content (AvgIpc) is 2.86. The molecule has 0 aromatic heterocycles. The summed E-state index contributed by atoms with van der Waals surface area (Å²) in [6.45, 7) is 0.114. The molecule has 0 atom stereocenters. The van der Waals surface area contributed by atoms with Crippen molar-refractivity contribution in [3.63, 3.8) is 0 Å². The minimum absolute atomic E-state index is 0.0124. The highest BCUT2D eigenvalue weighted by Gasteiger charge is 2.37.